The molecule has 31 heavy (non-hydrogen) atoms. The van der Waals surface area contributed by atoms with Crippen LogP contribution in [0, 0.1) is 13.8 Å². The molecule has 2 saturated heterocycles. The maximum absolute atomic E-state index is 6.11. The molecule has 2 aliphatic rings. The number of hydrogen-bond donors (Lipinski definition) is 0. The Morgan fingerprint density at radius 3 is 2.61 bits per heavy atom. The number of anilines is 1. The molecule has 3 aromatic rings. The first-order valence-corrected chi connectivity index (χ1v) is 12.0. The first-order chi connectivity index (χ1) is 15.1. The Labute approximate surface area is 191 Å². The summed E-state index contributed by atoms with van der Waals surface area (Å²) < 4.78 is 11.6. The van der Waals surface area contributed by atoms with Gasteiger partial charge >= 0.3 is 0 Å². The van der Waals surface area contributed by atoms with Crippen LogP contribution in [-0.4, -0.2) is 60.9 Å². The number of aromatic nitrogens is 2. The monoisotopic (exact) mass is 458 g/mol. The first-order valence-electron chi connectivity index (χ1n) is 10.8. The molecule has 8 heteroatoms. The maximum Gasteiger partial charge on any atom is 0.146 e. The summed E-state index contributed by atoms with van der Waals surface area (Å²) in [6.45, 7) is 10.8. The first kappa shape index (κ1) is 21.1. The number of rotatable bonds is 4. The molecule has 0 radical (unpaired) electrons. The van der Waals surface area contributed by atoms with E-state index in [-0.39, 0.29) is 6.10 Å². The minimum atomic E-state index is -0.00114. The number of nitrogens with zero attached hydrogens (tertiary/aromatic N) is 4. The fraction of sp³-hybridized carbons (Fsp3) is 0.478. The summed E-state index contributed by atoms with van der Waals surface area (Å²) in [6, 6.07) is 7.95. The van der Waals surface area contributed by atoms with Crippen molar-refractivity contribution in [3.05, 3.63) is 51.1 Å². The smallest absolute Gasteiger partial charge is 0.146 e. The molecule has 0 N–H and O–H groups in total. The largest absolute Gasteiger partial charge is 0.379 e. The van der Waals surface area contributed by atoms with Gasteiger partial charge in [0.2, 0.25) is 0 Å². The molecule has 2 aliphatic heterocycles. The van der Waals surface area contributed by atoms with Crippen molar-refractivity contribution in [2.24, 2.45) is 0 Å². The highest BCUT2D eigenvalue weighted by molar-refractivity contribution is 7.18. The van der Waals surface area contributed by atoms with Gasteiger partial charge in [0.05, 0.1) is 31.8 Å². The number of morpholine rings is 2. The molecule has 0 amide bonds. The third-order valence-electron chi connectivity index (χ3n) is 6.13. The molecular weight excluding hydrogens is 432 g/mol. The summed E-state index contributed by atoms with van der Waals surface area (Å²) in [5.41, 5.74) is 2.42. The van der Waals surface area contributed by atoms with Crippen molar-refractivity contribution < 1.29 is 9.47 Å². The topological polar surface area (TPSA) is 50.7 Å². The molecule has 2 fully saturated rings. The van der Waals surface area contributed by atoms with E-state index in [4.69, 9.17) is 31.0 Å². The lowest BCUT2D eigenvalue weighted by Crippen LogP contribution is -2.39. The molecule has 1 atom stereocenters. The van der Waals surface area contributed by atoms with E-state index in [0.29, 0.717) is 6.61 Å². The van der Waals surface area contributed by atoms with Crippen LogP contribution in [0.2, 0.25) is 5.02 Å². The zero-order valence-corrected chi connectivity index (χ0v) is 19.5. The van der Waals surface area contributed by atoms with E-state index < -0.39 is 0 Å². The molecule has 0 bridgehead atoms. The number of aryl methyl sites for hydroxylation is 2. The third kappa shape index (κ3) is 4.43. The van der Waals surface area contributed by atoms with Gasteiger partial charge in [0.25, 0.3) is 0 Å². The molecule has 0 aliphatic carbocycles. The van der Waals surface area contributed by atoms with Gasteiger partial charge in [0.15, 0.2) is 0 Å². The van der Waals surface area contributed by atoms with E-state index in [2.05, 4.69) is 35.8 Å². The van der Waals surface area contributed by atoms with Crippen molar-refractivity contribution in [2.45, 2.75) is 26.5 Å². The molecule has 164 valence electrons. The zero-order valence-electron chi connectivity index (χ0n) is 17.9. The zero-order chi connectivity index (χ0) is 21.4. The van der Waals surface area contributed by atoms with Gasteiger partial charge in [-0.25, -0.2) is 9.97 Å². The van der Waals surface area contributed by atoms with Crippen LogP contribution in [-0.2, 0) is 16.0 Å². The average molecular weight is 459 g/mol. The van der Waals surface area contributed by atoms with E-state index in [9.17, 15) is 0 Å². The molecule has 5 rings (SSSR count). The highest BCUT2D eigenvalue weighted by atomic mass is 35.5. The van der Waals surface area contributed by atoms with Gasteiger partial charge in [-0.1, -0.05) is 23.7 Å². The van der Waals surface area contributed by atoms with Gasteiger partial charge in [-0.2, -0.15) is 0 Å². The molecule has 6 nitrogen and oxygen atoms in total. The fourth-order valence-corrected chi connectivity index (χ4v) is 5.42. The summed E-state index contributed by atoms with van der Waals surface area (Å²) >= 11 is 7.84. The SMILES string of the molecule is Cc1sc2nc(CN3CCOCC3)nc(N3CCOC(c4ccc(Cl)cc4)C3)c2c1C. The van der Waals surface area contributed by atoms with Crippen molar-refractivity contribution in [3.8, 4) is 0 Å². The number of hydrogen-bond acceptors (Lipinski definition) is 7. The van der Waals surface area contributed by atoms with Crippen molar-refractivity contribution in [3.63, 3.8) is 0 Å². The molecule has 0 saturated carbocycles. The standard InChI is InChI=1S/C23H27ClN4O2S/c1-15-16(2)31-23-21(15)22(25-20(26-23)14-27-7-10-29-11-8-27)28-9-12-30-19(13-28)17-3-5-18(24)6-4-17/h3-6,19H,7-14H2,1-2H3. The molecule has 2 aromatic heterocycles. The quantitative estimate of drug-likeness (QED) is 0.578. The highest BCUT2D eigenvalue weighted by Crippen LogP contribution is 2.37. The molecule has 1 unspecified atom stereocenters. The van der Waals surface area contributed by atoms with Crippen LogP contribution in [0.15, 0.2) is 24.3 Å². The van der Waals surface area contributed by atoms with Crippen LogP contribution in [0.3, 0.4) is 0 Å². The number of fused-ring (bicyclic) bond motifs is 1. The Bertz CT molecular complexity index is 1070. The van der Waals surface area contributed by atoms with Gasteiger partial charge in [-0.3, -0.25) is 4.90 Å². The predicted molar refractivity (Wildman–Crippen MR) is 125 cm³/mol. The predicted octanol–water partition coefficient (Wildman–Crippen LogP) is 4.37. The van der Waals surface area contributed by atoms with Gasteiger partial charge in [-0.05, 0) is 37.1 Å². The van der Waals surface area contributed by atoms with Crippen LogP contribution in [0.25, 0.3) is 10.2 Å². The van der Waals surface area contributed by atoms with E-state index in [1.54, 1.807) is 11.3 Å². The fourth-order valence-electron chi connectivity index (χ4n) is 4.25. The minimum absolute atomic E-state index is 0.00114. The Kier molecular flexibility index (Phi) is 6.12. The van der Waals surface area contributed by atoms with Gasteiger partial charge in [-0.15, -0.1) is 11.3 Å². The van der Waals surface area contributed by atoms with Gasteiger partial charge in [0, 0.05) is 36.1 Å². The number of ether oxygens (including phenoxy) is 2. The second-order valence-corrected chi connectivity index (χ2v) is 9.81. The van der Waals surface area contributed by atoms with Crippen molar-refractivity contribution in [1.29, 1.82) is 0 Å². The van der Waals surface area contributed by atoms with Crippen molar-refractivity contribution in [2.75, 3.05) is 50.9 Å². The average Bonchev–Trinajstić information content (AvgIpc) is 3.08. The number of benzene rings is 1. The summed E-state index contributed by atoms with van der Waals surface area (Å²) in [6.07, 6.45) is -0.00114. The Morgan fingerprint density at radius 2 is 1.84 bits per heavy atom. The van der Waals surface area contributed by atoms with E-state index in [0.717, 1.165) is 73.0 Å². The molecular formula is C23H27ClN4O2S. The van der Waals surface area contributed by atoms with Crippen LogP contribution in [0.1, 0.15) is 27.9 Å². The van der Waals surface area contributed by atoms with Gasteiger partial charge in [0.1, 0.15) is 22.6 Å². The summed E-state index contributed by atoms with van der Waals surface area (Å²) in [7, 11) is 0. The van der Waals surface area contributed by atoms with Crippen LogP contribution >= 0.6 is 22.9 Å². The minimum Gasteiger partial charge on any atom is -0.379 e. The second-order valence-electron chi connectivity index (χ2n) is 8.17. The molecule has 4 heterocycles. The molecule has 1 aromatic carbocycles. The summed E-state index contributed by atoms with van der Waals surface area (Å²) in [5, 5.41) is 1.93. The highest BCUT2D eigenvalue weighted by Gasteiger charge is 2.27. The van der Waals surface area contributed by atoms with E-state index in [1.807, 2.05) is 12.1 Å². The van der Waals surface area contributed by atoms with Crippen LogP contribution in [0.5, 0.6) is 0 Å². The Balaban J connectivity index is 1.48. The van der Waals surface area contributed by atoms with E-state index in [1.165, 1.54) is 15.8 Å². The van der Waals surface area contributed by atoms with Crippen LogP contribution < -0.4 is 4.90 Å². The number of halogens is 1. The number of thiophene rings is 1. The summed E-state index contributed by atoms with van der Waals surface area (Å²) in [4.78, 5) is 17.2. The van der Waals surface area contributed by atoms with E-state index >= 15 is 0 Å². The molecule has 0 spiro atoms. The van der Waals surface area contributed by atoms with Crippen molar-refractivity contribution >= 4 is 39.0 Å². The lowest BCUT2D eigenvalue weighted by atomic mass is 10.1. The third-order valence-corrected chi connectivity index (χ3v) is 7.49. The lowest BCUT2D eigenvalue weighted by molar-refractivity contribution is 0.0329. The second kappa shape index (κ2) is 9.00. The Hall–Kier alpha value is -1.77. The normalized spacial score (nSPS) is 20.5. The summed E-state index contributed by atoms with van der Waals surface area (Å²) in [5.74, 6) is 1.93. The lowest BCUT2D eigenvalue weighted by Gasteiger charge is -2.34. The van der Waals surface area contributed by atoms with Crippen molar-refractivity contribution in [1.82, 2.24) is 14.9 Å². The Morgan fingerprint density at radius 1 is 1.06 bits per heavy atom. The van der Waals surface area contributed by atoms with Gasteiger partial charge < -0.3 is 14.4 Å². The maximum atomic E-state index is 6.11. The van der Waals surface area contributed by atoms with Crippen LogP contribution in [0.4, 0.5) is 5.82 Å².